The first-order valence-corrected chi connectivity index (χ1v) is 19.4. The van der Waals surface area contributed by atoms with Crippen LogP contribution in [0, 0.1) is 0 Å². The van der Waals surface area contributed by atoms with Gasteiger partial charge in [0.25, 0.3) is 0 Å². The second kappa shape index (κ2) is 14.2. The number of nitrogens with one attached hydrogen (secondary N) is 1. The quantitative estimate of drug-likeness (QED) is 0.143. The van der Waals surface area contributed by atoms with Gasteiger partial charge in [-0.05, 0) is 56.1 Å². The zero-order valence-electron chi connectivity index (χ0n) is 31.3. The lowest BCUT2D eigenvalue weighted by Gasteiger charge is -2.27. The highest BCUT2D eigenvalue weighted by atomic mass is 14.7. The number of hydrogen-bond acceptors (Lipinski definition) is 2. The maximum absolute atomic E-state index is 7.56. The highest BCUT2D eigenvalue weighted by molar-refractivity contribution is 6.19. The highest BCUT2D eigenvalue weighted by Gasteiger charge is 2.29. The summed E-state index contributed by atoms with van der Waals surface area (Å²) in [5.41, 5.74) is 33.0. The Morgan fingerprint density at radius 1 is 0.263 bits per heavy atom. The largest absolute Gasteiger partial charge is 0.397 e. The Labute approximate surface area is 332 Å². The predicted octanol–water partition coefficient (Wildman–Crippen LogP) is 14.2. The van der Waals surface area contributed by atoms with Crippen LogP contribution in [0.1, 0.15) is 0 Å². The molecule has 3 heteroatoms. The van der Waals surface area contributed by atoms with Crippen molar-refractivity contribution in [1.29, 1.82) is 0 Å². The SMILES string of the molecule is Nc1c(N)c(-c2ccccc2-c2c(-c3ccccc3)ccc3c2[nH]c2ccccc23)c(-c2ccccc2)c(-c2ccccc2)c1-c1ccccc1-c1ccccc1. The molecule has 57 heavy (non-hydrogen) atoms. The van der Waals surface area contributed by atoms with Crippen LogP contribution in [0.15, 0.2) is 206 Å². The summed E-state index contributed by atoms with van der Waals surface area (Å²) in [6, 6.07) is 72.6. The van der Waals surface area contributed by atoms with Gasteiger partial charge in [0.15, 0.2) is 0 Å². The average Bonchev–Trinajstić information content (AvgIpc) is 3.67. The van der Waals surface area contributed by atoms with Crippen LogP contribution in [0.4, 0.5) is 11.4 Å². The smallest absolute Gasteiger partial charge is 0.0640 e. The van der Waals surface area contributed by atoms with Gasteiger partial charge >= 0.3 is 0 Å². The fraction of sp³-hybridized carbons (Fsp3) is 0. The molecule has 0 aliphatic heterocycles. The molecule has 0 bridgehead atoms. The lowest BCUT2D eigenvalue weighted by Crippen LogP contribution is -2.06. The van der Waals surface area contributed by atoms with E-state index in [0.29, 0.717) is 11.4 Å². The molecule has 0 unspecified atom stereocenters. The minimum atomic E-state index is 0.545. The van der Waals surface area contributed by atoms with E-state index in [9.17, 15) is 0 Å². The minimum absolute atomic E-state index is 0.545. The van der Waals surface area contributed by atoms with Gasteiger partial charge in [-0.15, -0.1) is 0 Å². The van der Waals surface area contributed by atoms with Gasteiger partial charge in [0.1, 0.15) is 0 Å². The zero-order chi connectivity index (χ0) is 38.3. The number of H-pyrrole nitrogens is 1. The second-order valence-electron chi connectivity index (χ2n) is 14.5. The maximum atomic E-state index is 7.56. The van der Waals surface area contributed by atoms with E-state index in [4.69, 9.17) is 11.5 Å². The zero-order valence-corrected chi connectivity index (χ0v) is 31.3. The van der Waals surface area contributed by atoms with Crippen LogP contribution in [-0.4, -0.2) is 4.98 Å². The summed E-state index contributed by atoms with van der Waals surface area (Å²) >= 11 is 0. The number of nitrogens with two attached hydrogens (primary N) is 2. The van der Waals surface area contributed by atoms with Crippen molar-refractivity contribution in [1.82, 2.24) is 4.98 Å². The highest BCUT2D eigenvalue weighted by Crippen LogP contribution is 2.55. The molecule has 0 radical (unpaired) electrons. The third kappa shape index (κ3) is 5.76. The number of aromatic nitrogens is 1. The Balaban J connectivity index is 1.36. The number of fused-ring (bicyclic) bond motifs is 3. The van der Waals surface area contributed by atoms with Gasteiger partial charge in [0.2, 0.25) is 0 Å². The fourth-order valence-electron chi connectivity index (χ4n) is 8.68. The first-order chi connectivity index (χ1) is 28.2. The molecule has 0 fully saturated rings. The summed E-state index contributed by atoms with van der Waals surface area (Å²) in [6.45, 7) is 0. The molecular weight excluding hydrogens is 691 g/mol. The maximum Gasteiger partial charge on any atom is 0.0640 e. The number of rotatable bonds is 7. The van der Waals surface area contributed by atoms with Crippen molar-refractivity contribution in [3.05, 3.63) is 206 Å². The Morgan fingerprint density at radius 3 is 1.18 bits per heavy atom. The third-order valence-corrected chi connectivity index (χ3v) is 11.2. The summed E-state index contributed by atoms with van der Waals surface area (Å²) in [5, 5.41) is 2.36. The van der Waals surface area contributed by atoms with Crippen LogP contribution in [0.2, 0.25) is 0 Å². The first-order valence-electron chi connectivity index (χ1n) is 19.4. The van der Waals surface area contributed by atoms with Gasteiger partial charge in [-0.3, -0.25) is 0 Å². The van der Waals surface area contributed by atoms with E-state index in [-0.39, 0.29) is 0 Å². The summed E-state index contributed by atoms with van der Waals surface area (Å²) in [6.07, 6.45) is 0. The Bertz CT molecular complexity index is 3060. The number of aromatic amines is 1. The first kappa shape index (κ1) is 33.9. The van der Waals surface area contributed by atoms with Gasteiger partial charge in [-0.2, -0.15) is 0 Å². The van der Waals surface area contributed by atoms with Crippen molar-refractivity contribution in [3.8, 4) is 77.9 Å². The topological polar surface area (TPSA) is 67.8 Å². The number of hydrogen-bond donors (Lipinski definition) is 3. The Morgan fingerprint density at radius 2 is 0.649 bits per heavy atom. The van der Waals surface area contributed by atoms with E-state index < -0.39 is 0 Å². The summed E-state index contributed by atoms with van der Waals surface area (Å²) in [5.74, 6) is 0. The number of benzene rings is 9. The second-order valence-corrected chi connectivity index (χ2v) is 14.5. The molecule has 9 aromatic carbocycles. The van der Waals surface area contributed by atoms with Gasteiger partial charge in [0.05, 0.1) is 16.9 Å². The van der Waals surface area contributed by atoms with Gasteiger partial charge in [-0.25, -0.2) is 0 Å². The van der Waals surface area contributed by atoms with E-state index in [1.807, 2.05) is 6.07 Å². The molecule has 3 nitrogen and oxygen atoms in total. The molecule has 10 rings (SSSR count). The van der Waals surface area contributed by atoms with Crippen LogP contribution >= 0.6 is 0 Å². The van der Waals surface area contributed by atoms with E-state index in [2.05, 4.69) is 205 Å². The van der Waals surface area contributed by atoms with E-state index in [0.717, 1.165) is 88.9 Å². The van der Waals surface area contributed by atoms with Crippen molar-refractivity contribution in [2.45, 2.75) is 0 Å². The van der Waals surface area contributed by atoms with Crippen LogP contribution in [0.3, 0.4) is 0 Å². The summed E-state index contributed by atoms with van der Waals surface area (Å²) in [7, 11) is 0. The van der Waals surface area contributed by atoms with E-state index >= 15 is 0 Å². The van der Waals surface area contributed by atoms with Crippen molar-refractivity contribution in [3.63, 3.8) is 0 Å². The van der Waals surface area contributed by atoms with Crippen LogP contribution < -0.4 is 11.5 Å². The minimum Gasteiger partial charge on any atom is -0.397 e. The lowest BCUT2D eigenvalue weighted by atomic mass is 9.78. The molecule has 0 aliphatic rings. The van der Waals surface area contributed by atoms with Crippen molar-refractivity contribution >= 4 is 33.2 Å². The summed E-state index contributed by atoms with van der Waals surface area (Å²) < 4.78 is 0. The van der Waals surface area contributed by atoms with Gasteiger partial charge in [0, 0.05) is 44.1 Å². The molecule has 10 aromatic rings. The van der Waals surface area contributed by atoms with Crippen LogP contribution in [0.5, 0.6) is 0 Å². The standard InChI is InChI=1S/C54H39N3/c55-52-50(42-29-14-13-27-39(42)35-19-5-1-6-20-35)47(37-23-9-3-10-24-37)48(38-25-11-4-12-26-38)51(53(52)56)44-31-16-15-30-43(44)49-40(36-21-7-2-8-22-36)33-34-45-41-28-17-18-32-46(41)57-54(45)49/h1-34,57H,55-56H2. The van der Waals surface area contributed by atoms with Gasteiger partial charge in [-0.1, -0.05) is 200 Å². The Kier molecular flexibility index (Phi) is 8.46. The molecule has 1 heterocycles. The van der Waals surface area contributed by atoms with Crippen molar-refractivity contribution in [2.75, 3.05) is 11.5 Å². The molecule has 270 valence electrons. The molecule has 0 saturated carbocycles. The van der Waals surface area contributed by atoms with E-state index in [1.165, 1.54) is 10.8 Å². The molecule has 0 amide bonds. The van der Waals surface area contributed by atoms with Crippen molar-refractivity contribution in [2.24, 2.45) is 0 Å². The number of nitrogen functional groups attached to an aromatic ring is 2. The molecule has 1 aromatic heterocycles. The van der Waals surface area contributed by atoms with Crippen molar-refractivity contribution < 1.29 is 0 Å². The predicted molar refractivity (Wildman–Crippen MR) is 243 cm³/mol. The molecule has 5 N–H and O–H groups in total. The number of para-hydroxylation sites is 1. The van der Waals surface area contributed by atoms with Crippen LogP contribution in [0.25, 0.3) is 99.7 Å². The Hall–Kier alpha value is -7.62. The number of anilines is 2. The summed E-state index contributed by atoms with van der Waals surface area (Å²) in [4.78, 5) is 3.84. The molecular formula is C54H39N3. The fourth-order valence-corrected chi connectivity index (χ4v) is 8.68. The van der Waals surface area contributed by atoms with E-state index in [1.54, 1.807) is 0 Å². The van der Waals surface area contributed by atoms with Crippen LogP contribution in [-0.2, 0) is 0 Å². The average molecular weight is 730 g/mol. The molecule has 0 atom stereocenters. The lowest BCUT2D eigenvalue weighted by molar-refractivity contribution is 1.51. The third-order valence-electron chi connectivity index (χ3n) is 11.2. The van der Waals surface area contributed by atoms with Gasteiger partial charge < -0.3 is 16.5 Å². The molecule has 0 saturated heterocycles. The normalized spacial score (nSPS) is 11.3. The molecule has 0 spiro atoms. The monoisotopic (exact) mass is 729 g/mol. The molecule has 0 aliphatic carbocycles.